The molecular weight excluding hydrogens is 396 g/mol. The number of benzene rings is 1. The predicted octanol–water partition coefficient (Wildman–Crippen LogP) is 3.69. The van der Waals surface area contributed by atoms with Crippen molar-refractivity contribution >= 4 is 28.4 Å². The molecule has 1 aromatic rings. The molecule has 1 fully saturated rings. The van der Waals surface area contributed by atoms with Gasteiger partial charge in [0.25, 0.3) is 0 Å². The summed E-state index contributed by atoms with van der Waals surface area (Å²) < 4.78 is 41.8. The SMILES string of the molecule is CCS(=O)C1CCCC(NC(=NC)NCc2cc(Cl)ccc2OC(F)F)C1. The van der Waals surface area contributed by atoms with Crippen LogP contribution in [0.3, 0.4) is 0 Å². The largest absolute Gasteiger partial charge is 0.434 e. The van der Waals surface area contributed by atoms with Crippen molar-refractivity contribution in [2.75, 3.05) is 12.8 Å². The molecule has 3 atom stereocenters. The summed E-state index contributed by atoms with van der Waals surface area (Å²) in [6.07, 6.45) is 3.82. The Morgan fingerprint density at radius 3 is 2.89 bits per heavy atom. The van der Waals surface area contributed by atoms with E-state index in [-0.39, 0.29) is 23.6 Å². The van der Waals surface area contributed by atoms with Gasteiger partial charge in [-0.1, -0.05) is 24.9 Å². The molecule has 1 saturated carbocycles. The Bertz CT molecular complexity index is 676. The van der Waals surface area contributed by atoms with Crippen LogP contribution in [-0.2, 0) is 17.3 Å². The van der Waals surface area contributed by atoms with Crippen LogP contribution < -0.4 is 15.4 Å². The molecule has 9 heteroatoms. The van der Waals surface area contributed by atoms with E-state index >= 15 is 0 Å². The Kier molecular flexibility index (Phi) is 8.76. The van der Waals surface area contributed by atoms with Gasteiger partial charge in [0.05, 0.1) is 0 Å². The molecule has 27 heavy (non-hydrogen) atoms. The first-order valence-electron chi connectivity index (χ1n) is 9.00. The molecule has 1 aliphatic carbocycles. The van der Waals surface area contributed by atoms with Gasteiger partial charge >= 0.3 is 6.61 Å². The molecule has 0 aliphatic heterocycles. The zero-order valence-electron chi connectivity index (χ0n) is 15.5. The number of nitrogens with zero attached hydrogens (tertiary/aromatic N) is 1. The molecular formula is C18H26ClF2N3O2S. The number of aliphatic imine (C=N–C) groups is 1. The molecule has 2 rings (SSSR count). The van der Waals surface area contributed by atoms with Gasteiger partial charge in [0.15, 0.2) is 5.96 Å². The summed E-state index contributed by atoms with van der Waals surface area (Å²) in [5, 5.41) is 7.10. The monoisotopic (exact) mass is 421 g/mol. The first-order valence-corrected chi connectivity index (χ1v) is 10.8. The lowest BCUT2D eigenvalue weighted by Gasteiger charge is -2.30. The van der Waals surface area contributed by atoms with E-state index in [1.807, 2.05) is 6.92 Å². The number of rotatable bonds is 7. The van der Waals surface area contributed by atoms with E-state index in [0.717, 1.165) is 25.7 Å². The van der Waals surface area contributed by atoms with Gasteiger partial charge in [-0.15, -0.1) is 0 Å². The van der Waals surface area contributed by atoms with Crippen molar-refractivity contribution < 1.29 is 17.7 Å². The van der Waals surface area contributed by atoms with Gasteiger partial charge in [0.2, 0.25) is 0 Å². The average molecular weight is 422 g/mol. The van der Waals surface area contributed by atoms with Gasteiger partial charge in [-0.3, -0.25) is 9.20 Å². The number of halogens is 3. The molecule has 3 unspecified atom stereocenters. The molecule has 1 aliphatic rings. The first kappa shape index (κ1) is 21.9. The number of hydrogen-bond donors (Lipinski definition) is 2. The minimum atomic E-state index is -2.90. The van der Waals surface area contributed by atoms with Crippen LogP contribution in [0.15, 0.2) is 23.2 Å². The zero-order chi connectivity index (χ0) is 19.8. The molecule has 0 amide bonds. The smallest absolute Gasteiger partial charge is 0.387 e. The topological polar surface area (TPSA) is 62.7 Å². The second kappa shape index (κ2) is 10.8. The van der Waals surface area contributed by atoms with Crippen molar-refractivity contribution in [3.05, 3.63) is 28.8 Å². The third kappa shape index (κ3) is 6.92. The summed E-state index contributed by atoms with van der Waals surface area (Å²) in [5.74, 6) is 1.31. The Hall–Kier alpha value is -1.41. The van der Waals surface area contributed by atoms with Crippen molar-refractivity contribution in [3.63, 3.8) is 0 Å². The van der Waals surface area contributed by atoms with Crippen molar-refractivity contribution in [2.45, 2.75) is 57.1 Å². The minimum Gasteiger partial charge on any atom is -0.434 e. The van der Waals surface area contributed by atoms with Crippen LogP contribution in [0.1, 0.15) is 38.2 Å². The van der Waals surface area contributed by atoms with Crippen LogP contribution >= 0.6 is 11.6 Å². The number of nitrogens with one attached hydrogen (secondary N) is 2. The maximum atomic E-state index is 12.6. The summed E-state index contributed by atoms with van der Waals surface area (Å²) >= 11 is 5.97. The van der Waals surface area contributed by atoms with E-state index in [2.05, 4.69) is 20.4 Å². The fourth-order valence-corrected chi connectivity index (χ4v) is 4.76. The second-order valence-electron chi connectivity index (χ2n) is 6.36. The highest BCUT2D eigenvalue weighted by molar-refractivity contribution is 7.85. The fraction of sp³-hybridized carbons (Fsp3) is 0.611. The van der Waals surface area contributed by atoms with E-state index < -0.39 is 17.4 Å². The summed E-state index contributed by atoms with van der Waals surface area (Å²) in [7, 11) is 0.849. The maximum absolute atomic E-state index is 12.6. The minimum absolute atomic E-state index is 0.0772. The number of hydrogen-bond acceptors (Lipinski definition) is 3. The fourth-order valence-electron chi connectivity index (χ4n) is 3.21. The molecule has 1 aromatic carbocycles. The zero-order valence-corrected chi connectivity index (χ0v) is 17.1. The number of alkyl halides is 2. The van der Waals surface area contributed by atoms with E-state index in [4.69, 9.17) is 11.6 Å². The molecule has 0 heterocycles. The van der Waals surface area contributed by atoms with Crippen molar-refractivity contribution in [2.24, 2.45) is 4.99 Å². The van der Waals surface area contributed by atoms with Gasteiger partial charge in [-0.25, -0.2) is 0 Å². The standard InChI is InChI=1S/C18H26ClF2N3O2S/c1-3-27(25)15-6-4-5-14(10-15)24-18(22-2)23-11-12-9-13(19)7-8-16(12)26-17(20)21/h7-9,14-15,17H,3-6,10-11H2,1-2H3,(H2,22,23,24). The summed E-state index contributed by atoms with van der Waals surface area (Å²) in [6, 6.07) is 4.70. The number of ether oxygens (including phenoxy) is 1. The summed E-state index contributed by atoms with van der Waals surface area (Å²) in [6.45, 7) is -0.724. The second-order valence-corrected chi connectivity index (χ2v) is 8.80. The lowest BCUT2D eigenvalue weighted by atomic mass is 9.95. The van der Waals surface area contributed by atoms with Crippen LogP contribution in [0.4, 0.5) is 8.78 Å². The van der Waals surface area contributed by atoms with Crippen LogP contribution in [0.25, 0.3) is 0 Å². The number of guanidine groups is 1. The quantitative estimate of drug-likeness (QED) is 0.520. The molecule has 2 N–H and O–H groups in total. The van der Waals surface area contributed by atoms with E-state index in [1.165, 1.54) is 12.1 Å². The Morgan fingerprint density at radius 1 is 1.44 bits per heavy atom. The third-order valence-corrected chi connectivity index (χ3v) is 6.51. The van der Waals surface area contributed by atoms with Gasteiger partial charge in [-0.2, -0.15) is 8.78 Å². The van der Waals surface area contributed by atoms with Crippen LogP contribution in [-0.4, -0.2) is 40.9 Å². The molecule has 0 radical (unpaired) electrons. The molecule has 0 aromatic heterocycles. The Labute approximate surface area is 166 Å². The van der Waals surface area contributed by atoms with Gasteiger partial charge in [0.1, 0.15) is 5.75 Å². The maximum Gasteiger partial charge on any atom is 0.387 e. The first-order chi connectivity index (χ1) is 12.9. The highest BCUT2D eigenvalue weighted by Gasteiger charge is 2.26. The molecule has 0 bridgehead atoms. The van der Waals surface area contributed by atoms with Crippen molar-refractivity contribution in [1.82, 2.24) is 10.6 Å². The van der Waals surface area contributed by atoms with E-state index in [9.17, 15) is 13.0 Å². The van der Waals surface area contributed by atoms with Crippen molar-refractivity contribution in [3.8, 4) is 5.75 Å². The Balaban J connectivity index is 1.96. The third-order valence-electron chi connectivity index (χ3n) is 4.53. The van der Waals surface area contributed by atoms with Crippen LogP contribution in [0.2, 0.25) is 5.02 Å². The van der Waals surface area contributed by atoms with Crippen molar-refractivity contribution in [1.29, 1.82) is 0 Å². The van der Waals surface area contributed by atoms with Gasteiger partial charge < -0.3 is 15.4 Å². The normalized spacial score (nSPS) is 21.8. The highest BCUT2D eigenvalue weighted by Crippen LogP contribution is 2.25. The van der Waals surface area contributed by atoms with E-state index in [1.54, 1.807) is 13.1 Å². The van der Waals surface area contributed by atoms with E-state index in [0.29, 0.717) is 22.3 Å². The summed E-state index contributed by atoms with van der Waals surface area (Å²) in [4.78, 5) is 4.20. The van der Waals surface area contributed by atoms with Crippen LogP contribution in [0.5, 0.6) is 5.75 Å². The van der Waals surface area contributed by atoms with Gasteiger partial charge in [-0.05, 0) is 37.5 Å². The lowest BCUT2D eigenvalue weighted by molar-refractivity contribution is -0.0504. The molecule has 5 nitrogen and oxygen atoms in total. The van der Waals surface area contributed by atoms with Crippen LogP contribution in [0, 0.1) is 0 Å². The molecule has 0 spiro atoms. The predicted molar refractivity (Wildman–Crippen MR) is 106 cm³/mol. The lowest BCUT2D eigenvalue weighted by Crippen LogP contribution is -2.46. The summed E-state index contributed by atoms with van der Waals surface area (Å²) in [5.41, 5.74) is 0.513. The molecule has 0 saturated heterocycles. The Morgan fingerprint density at radius 2 is 2.22 bits per heavy atom. The van der Waals surface area contributed by atoms with Gasteiger partial charge in [0, 0.05) is 52.0 Å². The highest BCUT2D eigenvalue weighted by atomic mass is 35.5. The average Bonchev–Trinajstić information content (AvgIpc) is 2.66. The molecule has 152 valence electrons.